The van der Waals surface area contributed by atoms with Crippen LogP contribution in [0, 0.1) is 0 Å². The Hall–Kier alpha value is -1.35. The molecule has 1 N–H and O–H groups in total. The molecule has 1 aliphatic heterocycles. The summed E-state index contributed by atoms with van der Waals surface area (Å²) in [5.74, 6) is 1.88. The highest BCUT2D eigenvalue weighted by Crippen LogP contribution is 2.44. The van der Waals surface area contributed by atoms with Gasteiger partial charge < -0.3 is 9.84 Å². The van der Waals surface area contributed by atoms with Gasteiger partial charge in [-0.25, -0.2) is 0 Å². The van der Waals surface area contributed by atoms with Crippen molar-refractivity contribution in [2.45, 2.75) is 4.90 Å². The molecule has 1 aliphatic rings. The fourth-order valence-corrected chi connectivity index (χ4v) is 2.51. The smallest absolute Gasteiger partial charge is 0.142 e. The first kappa shape index (κ1) is 8.00. The average Bonchev–Trinajstić information content (AvgIpc) is 2.66. The molecule has 14 heavy (non-hydrogen) atoms. The minimum atomic E-state index is 0.331. The Morgan fingerprint density at radius 1 is 1.21 bits per heavy atom. The number of aromatic hydroxyl groups is 1. The highest BCUT2D eigenvalue weighted by molar-refractivity contribution is 7.99. The van der Waals surface area contributed by atoms with E-state index in [4.69, 9.17) is 4.74 Å². The molecule has 3 heteroatoms. The molecule has 0 aliphatic carbocycles. The van der Waals surface area contributed by atoms with Crippen LogP contribution >= 0.6 is 11.8 Å². The van der Waals surface area contributed by atoms with Crippen molar-refractivity contribution in [2.75, 3.05) is 5.94 Å². The molecule has 0 spiro atoms. The molecule has 0 saturated heterocycles. The van der Waals surface area contributed by atoms with Gasteiger partial charge >= 0.3 is 0 Å². The number of hydrogen-bond acceptors (Lipinski definition) is 3. The maximum absolute atomic E-state index is 9.77. The fraction of sp³-hybridized carbons (Fsp3) is 0.0909. The van der Waals surface area contributed by atoms with E-state index in [9.17, 15) is 5.11 Å². The van der Waals surface area contributed by atoms with Crippen LogP contribution in [-0.2, 0) is 0 Å². The second-order valence-electron chi connectivity index (χ2n) is 3.18. The van der Waals surface area contributed by atoms with Crippen molar-refractivity contribution in [3.05, 3.63) is 30.3 Å². The van der Waals surface area contributed by atoms with Crippen molar-refractivity contribution >= 4 is 22.5 Å². The predicted molar refractivity (Wildman–Crippen MR) is 57.0 cm³/mol. The van der Waals surface area contributed by atoms with Crippen LogP contribution < -0.4 is 4.74 Å². The number of rotatable bonds is 0. The average molecular weight is 204 g/mol. The van der Waals surface area contributed by atoms with E-state index in [1.807, 2.05) is 24.3 Å². The molecule has 0 amide bonds. The second-order valence-corrected chi connectivity index (χ2v) is 4.14. The van der Waals surface area contributed by atoms with Crippen LogP contribution in [0.25, 0.3) is 10.8 Å². The van der Waals surface area contributed by atoms with Crippen LogP contribution in [0.3, 0.4) is 0 Å². The third-order valence-corrected chi connectivity index (χ3v) is 3.21. The lowest BCUT2D eigenvalue weighted by atomic mass is 10.1. The third-order valence-electron chi connectivity index (χ3n) is 2.36. The van der Waals surface area contributed by atoms with Gasteiger partial charge in [0, 0.05) is 10.8 Å². The SMILES string of the molecule is Oc1cc2c(c3ccccc13)OCS2. The van der Waals surface area contributed by atoms with E-state index in [1.54, 1.807) is 17.8 Å². The normalized spacial score (nSPS) is 14.0. The zero-order chi connectivity index (χ0) is 9.54. The molecular weight excluding hydrogens is 196 g/mol. The second kappa shape index (κ2) is 2.82. The number of fused-ring (bicyclic) bond motifs is 3. The number of phenolic OH excluding ortho intramolecular Hbond substituents is 1. The number of thioether (sulfide) groups is 1. The van der Waals surface area contributed by atoms with Gasteiger partial charge in [-0.15, -0.1) is 0 Å². The summed E-state index contributed by atoms with van der Waals surface area (Å²) in [4.78, 5) is 1.03. The summed E-state index contributed by atoms with van der Waals surface area (Å²) in [5.41, 5.74) is 0. The quantitative estimate of drug-likeness (QED) is 0.715. The Labute approximate surface area is 85.5 Å². The molecule has 0 aromatic heterocycles. The van der Waals surface area contributed by atoms with Gasteiger partial charge in [0.15, 0.2) is 0 Å². The number of benzene rings is 2. The summed E-state index contributed by atoms with van der Waals surface area (Å²) in [5, 5.41) is 11.6. The van der Waals surface area contributed by atoms with Crippen molar-refractivity contribution < 1.29 is 9.84 Å². The van der Waals surface area contributed by atoms with E-state index >= 15 is 0 Å². The largest absolute Gasteiger partial charge is 0.507 e. The Balaban J connectivity index is 2.47. The molecule has 0 fully saturated rings. The monoisotopic (exact) mass is 204 g/mol. The Kier molecular flexibility index (Phi) is 1.61. The summed E-state index contributed by atoms with van der Waals surface area (Å²) < 4.78 is 5.52. The van der Waals surface area contributed by atoms with Gasteiger partial charge in [0.25, 0.3) is 0 Å². The summed E-state index contributed by atoms with van der Waals surface area (Å²) in [6.45, 7) is 0. The number of phenols is 1. The van der Waals surface area contributed by atoms with Gasteiger partial charge in [-0.2, -0.15) is 0 Å². The number of ether oxygens (including phenoxy) is 1. The molecule has 2 aromatic carbocycles. The number of hydrogen-bond donors (Lipinski definition) is 1. The fourth-order valence-electron chi connectivity index (χ4n) is 1.71. The van der Waals surface area contributed by atoms with Crippen LogP contribution in [0.4, 0.5) is 0 Å². The van der Waals surface area contributed by atoms with Crippen molar-refractivity contribution in [3.63, 3.8) is 0 Å². The zero-order valence-electron chi connectivity index (χ0n) is 7.36. The maximum atomic E-state index is 9.77. The molecule has 2 aromatic rings. The molecule has 3 rings (SSSR count). The van der Waals surface area contributed by atoms with Crippen LogP contribution in [0.1, 0.15) is 0 Å². The highest BCUT2D eigenvalue weighted by atomic mass is 32.2. The van der Waals surface area contributed by atoms with Crippen LogP contribution in [-0.4, -0.2) is 11.0 Å². The first-order chi connectivity index (χ1) is 6.86. The van der Waals surface area contributed by atoms with Gasteiger partial charge in [-0.05, 0) is 6.07 Å². The van der Waals surface area contributed by atoms with E-state index in [-0.39, 0.29) is 0 Å². The Morgan fingerprint density at radius 2 is 2.00 bits per heavy atom. The lowest BCUT2D eigenvalue weighted by Gasteiger charge is -2.05. The standard InChI is InChI=1S/C11H8O2S/c12-9-5-10-11(13-6-14-10)8-4-2-1-3-7(8)9/h1-5,12H,6H2. The Bertz CT molecular complexity index is 508. The van der Waals surface area contributed by atoms with Gasteiger partial charge in [-0.1, -0.05) is 36.0 Å². The molecule has 2 nitrogen and oxygen atoms in total. The van der Waals surface area contributed by atoms with Crippen LogP contribution in [0.15, 0.2) is 35.2 Å². The first-order valence-corrected chi connectivity index (χ1v) is 5.35. The summed E-state index contributed by atoms with van der Waals surface area (Å²) in [6, 6.07) is 9.51. The lowest BCUT2D eigenvalue weighted by molar-refractivity contribution is 0.401. The maximum Gasteiger partial charge on any atom is 0.142 e. The molecule has 0 atom stereocenters. The lowest BCUT2D eigenvalue weighted by Crippen LogP contribution is -1.84. The predicted octanol–water partition coefficient (Wildman–Crippen LogP) is 2.99. The summed E-state index contributed by atoms with van der Waals surface area (Å²) in [7, 11) is 0. The minimum Gasteiger partial charge on any atom is -0.507 e. The molecule has 0 bridgehead atoms. The van der Waals surface area contributed by atoms with E-state index in [0.29, 0.717) is 11.7 Å². The summed E-state index contributed by atoms with van der Waals surface area (Å²) in [6.07, 6.45) is 0. The van der Waals surface area contributed by atoms with Gasteiger partial charge in [0.1, 0.15) is 17.4 Å². The van der Waals surface area contributed by atoms with Crippen molar-refractivity contribution in [3.8, 4) is 11.5 Å². The Morgan fingerprint density at radius 3 is 2.86 bits per heavy atom. The van der Waals surface area contributed by atoms with Crippen molar-refractivity contribution in [2.24, 2.45) is 0 Å². The topological polar surface area (TPSA) is 29.5 Å². The molecule has 0 unspecified atom stereocenters. The van der Waals surface area contributed by atoms with Gasteiger partial charge in [0.05, 0.1) is 4.90 Å². The molecule has 70 valence electrons. The van der Waals surface area contributed by atoms with E-state index in [2.05, 4.69) is 0 Å². The van der Waals surface area contributed by atoms with Gasteiger partial charge in [0.2, 0.25) is 0 Å². The third kappa shape index (κ3) is 0.990. The van der Waals surface area contributed by atoms with Crippen molar-refractivity contribution in [1.82, 2.24) is 0 Å². The highest BCUT2D eigenvalue weighted by Gasteiger charge is 2.17. The van der Waals surface area contributed by atoms with E-state index in [0.717, 1.165) is 21.4 Å². The van der Waals surface area contributed by atoms with E-state index < -0.39 is 0 Å². The minimum absolute atomic E-state index is 0.331. The molecular formula is C11H8O2S. The molecule has 1 heterocycles. The van der Waals surface area contributed by atoms with Crippen LogP contribution in [0.2, 0.25) is 0 Å². The first-order valence-electron chi connectivity index (χ1n) is 4.36. The zero-order valence-corrected chi connectivity index (χ0v) is 8.17. The van der Waals surface area contributed by atoms with Gasteiger partial charge in [-0.3, -0.25) is 0 Å². The van der Waals surface area contributed by atoms with Crippen molar-refractivity contribution in [1.29, 1.82) is 0 Å². The molecule has 0 saturated carbocycles. The summed E-state index contributed by atoms with van der Waals surface area (Å²) >= 11 is 1.61. The molecule has 0 radical (unpaired) electrons. The van der Waals surface area contributed by atoms with E-state index in [1.165, 1.54) is 0 Å². The van der Waals surface area contributed by atoms with Crippen LogP contribution in [0.5, 0.6) is 11.5 Å².